The molecule has 1 aliphatic rings. The van der Waals surface area contributed by atoms with E-state index in [4.69, 9.17) is 9.47 Å². The van der Waals surface area contributed by atoms with Crippen LogP contribution in [0.5, 0.6) is 11.6 Å². The normalized spacial score (nSPS) is 13.1. The van der Waals surface area contributed by atoms with Crippen LogP contribution in [-0.2, 0) is 37.8 Å². The van der Waals surface area contributed by atoms with Crippen LogP contribution in [0.3, 0.4) is 0 Å². The second-order valence-electron chi connectivity index (χ2n) is 7.27. The molecule has 4 rings (SSSR count). The van der Waals surface area contributed by atoms with Crippen molar-refractivity contribution in [1.82, 2.24) is 19.7 Å². The number of rotatable bonds is 7. The maximum Gasteiger partial charge on any atom is 0.227 e. The number of amides is 1. The summed E-state index contributed by atoms with van der Waals surface area (Å²) in [4.78, 5) is 19.0. The van der Waals surface area contributed by atoms with Crippen LogP contribution in [0, 0.1) is 0 Å². The van der Waals surface area contributed by atoms with Crippen molar-refractivity contribution < 1.29 is 14.3 Å². The fraction of sp³-hybridized carbons (Fsp3) is 0.348. The number of nitrogens with zero attached hydrogens (tertiary/aromatic N) is 4. The maximum absolute atomic E-state index is 12.9. The van der Waals surface area contributed by atoms with Crippen molar-refractivity contribution >= 4 is 5.91 Å². The SMILES string of the molecule is CCOc1ccc(CC(=O)N2CCc3c(c(COc4ccccn4)nn3C)C2)cc1. The number of aryl methyl sites for hydroxylation is 1. The number of hydrogen-bond donors (Lipinski definition) is 0. The van der Waals surface area contributed by atoms with Gasteiger partial charge in [0.15, 0.2) is 0 Å². The minimum atomic E-state index is 0.116. The smallest absolute Gasteiger partial charge is 0.227 e. The van der Waals surface area contributed by atoms with Crippen LogP contribution >= 0.6 is 0 Å². The summed E-state index contributed by atoms with van der Waals surface area (Å²) in [7, 11) is 1.94. The summed E-state index contributed by atoms with van der Waals surface area (Å²) < 4.78 is 13.2. The van der Waals surface area contributed by atoms with Crippen LogP contribution in [0.2, 0.25) is 0 Å². The lowest BCUT2D eigenvalue weighted by molar-refractivity contribution is -0.131. The Labute approximate surface area is 176 Å². The number of ether oxygens (including phenoxy) is 2. The molecule has 7 nitrogen and oxygen atoms in total. The lowest BCUT2D eigenvalue weighted by atomic mass is 10.0. The van der Waals surface area contributed by atoms with Crippen LogP contribution in [0.15, 0.2) is 48.7 Å². The first-order valence-electron chi connectivity index (χ1n) is 10.2. The van der Waals surface area contributed by atoms with Gasteiger partial charge >= 0.3 is 0 Å². The minimum Gasteiger partial charge on any atom is -0.494 e. The summed E-state index contributed by atoms with van der Waals surface area (Å²) in [5.74, 6) is 1.51. The van der Waals surface area contributed by atoms with Crippen molar-refractivity contribution in [2.24, 2.45) is 7.05 Å². The van der Waals surface area contributed by atoms with Crippen molar-refractivity contribution in [2.45, 2.75) is 32.9 Å². The number of hydrogen-bond acceptors (Lipinski definition) is 5. The maximum atomic E-state index is 12.9. The molecule has 1 aliphatic heterocycles. The van der Waals surface area contributed by atoms with E-state index in [1.807, 2.05) is 66.0 Å². The predicted octanol–water partition coefficient (Wildman–Crippen LogP) is 2.92. The highest BCUT2D eigenvalue weighted by molar-refractivity contribution is 5.79. The van der Waals surface area contributed by atoms with Crippen LogP contribution in [0.25, 0.3) is 0 Å². The molecule has 0 fully saturated rings. The van der Waals surface area contributed by atoms with E-state index < -0.39 is 0 Å². The Bertz CT molecular complexity index is 999. The summed E-state index contributed by atoms with van der Waals surface area (Å²) in [5.41, 5.74) is 4.09. The molecule has 0 aliphatic carbocycles. The lowest BCUT2D eigenvalue weighted by Gasteiger charge is -2.28. The molecule has 156 valence electrons. The van der Waals surface area contributed by atoms with E-state index in [1.165, 1.54) is 5.69 Å². The van der Waals surface area contributed by atoms with E-state index in [2.05, 4.69) is 10.1 Å². The van der Waals surface area contributed by atoms with E-state index >= 15 is 0 Å². The summed E-state index contributed by atoms with van der Waals surface area (Å²) in [6, 6.07) is 13.3. The molecule has 0 saturated carbocycles. The fourth-order valence-corrected chi connectivity index (χ4v) is 3.73. The molecule has 0 spiro atoms. The largest absolute Gasteiger partial charge is 0.494 e. The molecule has 2 aromatic heterocycles. The van der Waals surface area contributed by atoms with Crippen molar-refractivity contribution in [3.63, 3.8) is 0 Å². The van der Waals surface area contributed by atoms with Gasteiger partial charge in [0, 0.05) is 50.1 Å². The number of pyridine rings is 1. The zero-order valence-electron chi connectivity index (χ0n) is 17.4. The molecule has 3 aromatic rings. The highest BCUT2D eigenvalue weighted by Gasteiger charge is 2.26. The number of carbonyl (C=O) groups excluding carboxylic acids is 1. The first-order chi connectivity index (χ1) is 14.6. The van der Waals surface area contributed by atoms with Gasteiger partial charge in [-0.1, -0.05) is 18.2 Å². The first kappa shape index (κ1) is 19.9. The fourth-order valence-electron chi connectivity index (χ4n) is 3.73. The van der Waals surface area contributed by atoms with E-state index in [9.17, 15) is 4.79 Å². The summed E-state index contributed by atoms with van der Waals surface area (Å²) in [6.07, 6.45) is 2.86. The average molecular weight is 406 g/mol. The van der Waals surface area contributed by atoms with Crippen molar-refractivity contribution in [3.8, 4) is 11.6 Å². The second kappa shape index (κ2) is 8.98. The van der Waals surface area contributed by atoms with Crippen LogP contribution in [0.1, 0.15) is 29.4 Å². The summed E-state index contributed by atoms with van der Waals surface area (Å²) >= 11 is 0. The van der Waals surface area contributed by atoms with Gasteiger partial charge in [0.1, 0.15) is 18.1 Å². The molecule has 0 N–H and O–H groups in total. The third kappa shape index (κ3) is 4.45. The Kier molecular flexibility index (Phi) is 5.97. The standard InChI is InChI=1S/C23H26N4O3/c1-3-29-18-9-7-17(8-10-18)14-23(28)27-13-11-21-19(15-27)20(25-26(21)2)16-30-22-6-4-5-12-24-22/h4-10,12H,3,11,13-16H2,1-2H3. The van der Waals surface area contributed by atoms with Crippen molar-refractivity contribution in [2.75, 3.05) is 13.2 Å². The molecule has 1 amide bonds. The van der Waals surface area contributed by atoms with E-state index in [-0.39, 0.29) is 5.91 Å². The van der Waals surface area contributed by atoms with Gasteiger partial charge in [0.25, 0.3) is 0 Å². The van der Waals surface area contributed by atoms with Gasteiger partial charge in [0.2, 0.25) is 11.8 Å². The van der Waals surface area contributed by atoms with E-state index in [1.54, 1.807) is 6.20 Å². The predicted molar refractivity (Wildman–Crippen MR) is 112 cm³/mol. The molecular formula is C23H26N4O3. The van der Waals surface area contributed by atoms with Gasteiger partial charge in [-0.3, -0.25) is 9.48 Å². The van der Waals surface area contributed by atoms with Crippen LogP contribution in [-0.4, -0.2) is 38.7 Å². The number of carbonyl (C=O) groups is 1. The molecule has 0 unspecified atom stereocenters. The van der Waals surface area contributed by atoms with Gasteiger partial charge in [-0.2, -0.15) is 5.10 Å². The highest BCUT2D eigenvalue weighted by atomic mass is 16.5. The second-order valence-corrected chi connectivity index (χ2v) is 7.27. The van der Waals surface area contributed by atoms with Crippen molar-refractivity contribution in [1.29, 1.82) is 0 Å². The molecule has 0 atom stereocenters. The van der Waals surface area contributed by atoms with Crippen molar-refractivity contribution in [3.05, 3.63) is 71.2 Å². The topological polar surface area (TPSA) is 69.5 Å². The van der Waals surface area contributed by atoms with Gasteiger partial charge in [0.05, 0.1) is 13.0 Å². The van der Waals surface area contributed by atoms with Gasteiger partial charge < -0.3 is 14.4 Å². The Morgan fingerprint density at radius 3 is 2.70 bits per heavy atom. The number of fused-ring (bicyclic) bond motifs is 1. The zero-order chi connectivity index (χ0) is 20.9. The molecule has 7 heteroatoms. The number of aromatic nitrogens is 3. The number of benzene rings is 1. The van der Waals surface area contributed by atoms with Gasteiger partial charge in [-0.05, 0) is 30.7 Å². The van der Waals surface area contributed by atoms with Crippen LogP contribution in [0.4, 0.5) is 0 Å². The molecule has 0 saturated heterocycles. The van der Waals surface area contributed by atoms with E-state index in [0.717, 1.165) is 29.0 Å². The molecule has 0 radical (unpaired) electrons. The molecular weight excluding hydrogens is 380 g/mol. The average Bonchev–Trinajstić information content (AvgIpc) is 3.09. The van der Waals surface area contributed by atoms with Gasteiger partial charge in [-0.25, -0.2) is 4.98 Å². The summed E-state index contributed by atoms with van der Waals surface area (Å²) in [5, 5.41) is 4.62. The monoisotopic (exact) mass is 406 g/mol. The molecule has 1 aromatic carbocycles. The Morgan fingerprint density at radius 2 is 1.97 bits per heavy atom. The van der Waals surface area contributed by atoms with Gasteiger partial charge in [-0.15, -0.1) is 0 Å². The highest BCUT2D eigenvalue weighted by Crippen LogP contribution is 2.24. The zero-order valence-corrected chi connectivity index (χ0v) is 17.4. The first-order valence-corrected chi connectivity index (χ1v) is 10.2. The quantitative estimate of drug-likeness (QED) is 0.603. The van der Waals surface area contributed by atoms with Crippen LogP contribution < -0.4 is 9.47 Å². The molecule has 3 heterocycles. The lowest BCUT2D eigenvalue weighted by Crippen LogP contribution is -2.37. The Hall–Kier alpha value is -3.35. The third-order valence-corrected chi connectivity index (χ3v) is 5.26. The third-order valence-electron chi connectivity index (χ3n) is 5.26. The summed E-state index contributed by atoms with van der Waals surface area (Å²) in [6.45, 7) is 4.17. The molecule has 30 heavy (non-hydrogen) atoms. The molecule has 0 bridgehead atoms. The Morgan fingerprint density at radius 1 is 1.13 bits per heavy atom. The van der Waals surface area contributed by atoms with E-state index in [0.29, 0.717) is 38.6 Å². The minimum absolute atomic E-state index is 0.116. The Balaban J connectivity index is 1.42.